The minimum absolute atomic E-state index is 0.0944. The molecule has 0 saturated heterocycles. The zero-order valence-corrected chi connectivity index (χ0v) is 13.8. The standard InChI is InChI=1S/C19H28O2/c1-14-5-10-17(18(20)13-14)19(2,3)12-11-15-6-8-16(21-4)9-7-15/h6-9,14,17H,5,10-13H2,1-4H3. The number of rotatable bonds is 5. The van der Waals surface area contributed by atoms with Crippen molar-refractivity contribution in [3.05, 3.63) is 29.8 Å². The smallest absolute Gasteiger partial charge is 0.136 e. The monoisotopic (exact) mass is 288 g/mol. The molecule has 0 spiro atoms. The van der Waals surface area contributed by atoms with Gasteiger partial charge in [0.2, 0.25) is 0 Å². The van der Waals surface area contributed by atoms with Gasteiger partial charge in [0.25, 0.3) is 0 Å². The number of carbonyl (C=O) groups excluding carboxylic acids is 1. The van der Waals surface area contributed by atoms with Gasteiger partial charge in [-0.15, -0.1) is 0 Å². The molecule has 0 bridgehead atoms. The number of hydrogen-bond acceptors (Lipinski definition) is 2. The van der Waals surface area contributed by atoms with Gasteiger partial charge >= 0.3 is 0 Å². The van der Waals surface area contributed by atoms with E-state index in [-0.39, 0.29) is 11.3 Å². The van der Waals surface area contributed by atoms with Gasteiger partial charge < -0.3 is 4.74 Å². The normalized spacial score (nSPS) is 23.1. The van der Waals surface area contributed by atoms with E-state index in [2.05, 4.69) is 32.9 Å². The first kappa shape index (κ1) is 16.1. The maximum Gasteiger partial charge on any atom is 0.136 e. The largest absolute Gasteiger partial charge is 0.497 e. The van der Waals surface area contributed by atoms with Gasteiger partial charge in [-0.2, -0.15) is 0 Å². The van der Waals surface area contributed by atoms with Crippen molar-refractivity contribution in [2.24, 2.45) is 17.3 Å². The molecule has 1 aliphatic rings. The molecule has 1 aliphatic carbocycles. The summed E-state index contributed by atoms with van der Waals surface area (Å²) in [7, 11) is 1.69. The molecule has 1 aromatic carbocycles. The van der Waals surface area contributed by atoms with Gasteiger partial charge in [0.05, 0.1) is 7.11 Å². The van der Waals surface area contributed by atoms with Crippen LogP contribution >= 0.6 is 0 Å². The van der Waals surface area contributed by atoms with Gasteiger partial charge in [-0.05, 0) is 54.7 Å². The summed E-state index contributed by atoms with van der Waals surface area (Å²) in [6, 6.07) is 8.27. The van der Waals surface area contributed by atoms with E-state index in [0.717, 1.165) is 31.4 Å². The molecule has 0 radical (unpaired) electrons. The van der Waals surface area contributed by atoms with Crippen LogP contribution in [0.25, 0.3) is 0 Å². The number of hydrogen-bond donors (Lipinski definition) is 0. The Labute approximate surface area is 128 Å². The first-order chi connectivity index (χ1) is 9.92. The van der Waals surface area contributed by atoms with Crippen LogP contribution in [0.5, 0.6) is 5.75 Å². The summed E-state index contributed by atoms with van der Waals surface area (Å²) < 4.78 is 5.19. The van der Waals surface area contributed by atoms with Crippen molar-refractivity contribution in [3.63, 3.8) is 0 Å². The first-order valence-electron chi connectivity index (χ1n) is 8.08. The summed E-state index contributed by atoms with van der Waals surface area (Å²) in [6.07, 6.45) is 5.12. The Bertz CT molecular complexity index is 473. The van der Waals surface area contributed by atoms with Gasteiger partial charge in [0.15, 0.2) is 0 Å². The van der Waals surface area contributed by atoms with E-state index in [0.29, 0.717) is 11.7 Å². The van der Waals surface area contributed by atoms with E-state index in [9.17, 15) is 4.79 Å². The molecule has 0 N–H and O–H groups in total. The summed E-state index contributed by atoms with van der Waals surface area (Å²) in [6.45, 7) is 6.71. The number of carbonyl (C=O) groups is 1. The van der Waals surface area contributed by atoms with Gasteiger partial charge in [-0.25, -0.2) is 0 Å². The van der Waals surface area contributed by atoms with Crippen molar-refractivity contribution < 1.29 is 9.53 Å². The number of methoxy groups -OCH3 is 1. The summed E-state index contributed by atoms with van der Waals surface area (Å²) in [5.74, 6) is 2.20. The van der Waals surface area contributed by atoms with Crippen LogP contribution in [0.3, 0.4) is 0 Å². The predicted molar refractivity (Wildman–Crippen MR) is 86.6 cm³/mol. The van der Waals surface area contributed by atoms with Crippen molar-refractivity contribution in [2.45, 2.75) is 52.9 Å². The maximum atomic E-state index is 12.3. The Morgan fingerprint density at radius 2 is 1.86 bits per heavy atom. The lowest BCUT2D eigenvalue weighted by atomic mass is 9.66. The fourth-order valence-corrected chi connectivity index (χ4v) is 3.46. The Hall–Kier alpha value is -1.31. The highest BCUT2D eigenvalue weighted by Crippen LogP contribution is 2.40. The molecule has 0 aliphatic heterocycles. The number of benzene rings is 1. The molecule has 2 unspecified atom stereocenters. The van der Waals surface area contributed by atoms with E-state index < -0.39 is 0 Å². The van der Waals surface area contributed by atoms with Crippen LogP contribution in [0.15, 0.2) is 24.3 Å². The number of ketones is 1. The average molecular weight is 288 g/mol. The molecule has 0 amide bonds. The van der Waals surface area contributed by atoms with Crippen LogP contribution < -0.4 is 4.74 Å². The highest BCUT2D eigenvalue weighted by Gasteiger charge is 2.37. The second kappa shape index (κ2) is 6.64. The van der Waals surface area contributed by atoms with Gasteiger partial charge in [0, 0.05) is 12.3 Å². The molecule has 2 rings (SSSR count). The van der Waals surface area contributed by atoms with Crippen molar-refractivity contribution >= 4 is 5.78 Å². The predicted octanol–water partition coefficient (Wildman–Crippen LogP) is 4.66. The topological polar surface area (TPSA) is 26.3 Å². The van der Waals surface area contributed by atoms with E-state index in [1.807, 2.05) is 12.1 Å². The molecule has 1 aromatic rings. The molecular weight excluding hydrogens is 260 g/mol. The summed E-state index contributed by atoms with van der Waals surface area (Å²) in [4.78, 5) is 12.3. The molecule has 0 heterocycles. The molecule has 1 saturated carbocycles. The molecule has 2 nitrogen and oxygen atoms in total. The summed E-state index contributed by atoms with van der Waals surface area (Å²) >= 11 is 0. The summed E-state index contributed by atoms with van der Waals surface area (Å²) in [5.41, 5.74) is 1.41. The van der Waals surface area contributed by atoms with Crippen molar-refractivity contribution in [1.29, 1.82) is 0 Å². The lowest BCUT2D eigenvalue weighted by Crippen LogP contribution is -2.35. The van der Waals surface area contributed by atoms with Gasteiger partial charge in [0.1, 0.15) is 11.5 Å². The SMILES string of the molecule is COc1ccc(CCC(C)(C)C2CCC(C)CC2=O)cc1. The third-order valence-corrected chi connectivity index (χ3v) is 5.05. The lowest BCUT2D eigenvalue weighted by molar-refractivity contribution is -0.130. The Kier molecular flexibility index (Phi) is 5.08. The van der Waals surface area contributed by atoms with Crippen LogP contribution in [0.1, 0.15) is 52.0 Å². The molecule has 21 heavy (non-hydrogen) atoms. The van der Waals surface area contributed by atoms with Crippen LogP contribution in [0.4, 0.5) is 0 Å². The molecule has 2 atom stereocenters. The number of Topliss-reactive ketones (excluding diaryl/α,β-unsaturated/α-hetero) is 1. The van der Waals surface area contributed by atoms with Crippen molar-refractivity contribution in [1.82, 2.24) is 0 Å². The number of ether oxygens (including phenoxy) is 1. The van der Waals surface area contributed by atoms with Gasteiger partial charge in [-0.1, -0.05) is 32.9 Å². The lowest BCUT2D eigenvalue weighted by Gasteiger charge is -2.37. The van der Waals surface area contributed by atoms with Crippen LogP contribution in [0.2, 0.25) is 0 Å². The highest BCUT2D eigenvalue weighted by atomic mass is 16.5. The zero-order valence-electron chi connectivity index (χ0n) is 13.8. The van der Waals surface area contributed by atoms with E-state index in [1.165, 1.54) is 12.0 Å². The maximum absolute atomic E-state index is 12.3. The fraction of sp³-hybridized carbons (Fsp3) is 0.632. The summed E-state index contributed by atoms with van der Waals surface area (Å²) in [5, 5.41) is 0. The third-order valence-electron chi connectivity index (χ3n) is 5.05. The minimum Gasteiger partial charge on any atom is -0.497 e. The fourth-order valence-electron chi connectivity index (χ4n) is 3.46. The average Bonchev–Trinajstić information content (AvgIpc) is 2.45. The molecular formula is C19H28O2. The van der Waals surface area contributed by atoms with E-state index in [1.54, 1.807) is 7.11 Å². The van der Waals surface area contributed by atoms with Crippen molar-refractivity contribution in [3.8, 4) is 5.75 Å². The minimum atomic E-state index is 0.0944. The third kappa shape index (κ3) is 4.09. The van der Waals surface area contributed by atoms with Crippen molar-refractivity contribution in [2.75, 3.05) is 7.11 Å². The van der Waals surface area contributed by atoms with E-state index >= 15 is 0 Å². The zero-order chi connectivity index (χ0) is 15.5. The van der Waals surface area contributed by atoms with Crippen LogP contribution in [-0.4, -0.2) is 12.9 Å². The Balaban J connectivity index is 1.95. The first-order valence-corrected chi connectivity index (χ1v) is 8.08. The second-order valence-electron chi connectivity index (χ2n) is 7.24. The molecule has 0 aromatic heterocycles. The van der Waals surface area contributed by atoms with Crippen LogP contribution in [0, 0.1) is 17.3 Å². The quantitative estimate of drug-likeness (QED) is 0.787. The Morgan fingerprint density at radius 1 is 1.19 bits per heavy atom. The van der Waals surface area contributed by atoms with E-state index in [4.69, 9.17) is 4.74 Å². The Morgan fingerprint density at radius 3 is 2.43 bits per heavy atom. The van der Waals surface area contributed by atoms with Crippen LogP contribution in [-0.2, 0) is 11.2 Å². The molecule has 2 heteroatoms. The highest BCUT2D eigenvalue weighted by molar-refractivity contribution is 5.82. The molecule has 116 valence electrons. The van der Waals surface area contributed by atoms with Gasteiger partial charge in [-0.3, -0.25) is 4.79 Å². The second-order valence-corrected chi connectivity index (χ2v) is 7.24. The number of aryl methyl sites for hydroxylation is 1. The molecule has 1 fully saturated rings.